The van der Waals surface area contributed by atoms with Crippen LogP contribution in [0.1, 0.15) is 36.8 Å². The lowest BCUT2D eigenvalue weighted by molar-refractivity contribution is 0.665. The molecule has 0 aliphatic heterocycles. The lowest BCUT2D eigenvalue weighted by Gasteiger charge is -2.12. The number of imidazole rings is 1. The van der Waals surface area contributed by atoms with Crippen LogP contribution in [0, 0.1) is 0 Å². The number of hydrogen-bond donors (Lipinski definition) is 1. The Labute approximate surface area is 185 Å². The molecule has 4 aromatic rings. The smallest absolute Gasteiger partial charge is 0.205 e. The number of nitrogens with zero attached hydrogens (tertiary/aromatic N) is 5. The number of benzene rings is 2. The van der Waals surface area contributed by atoms with Crippen molar-refractivity contribution in [3.05, 3.63) is 70.8 Å². The van der Waals surface area contributed by atoms with Gasteiger partial charge in [0.05, 0.1) is 11.6 Å². The molecule has 2 heterocycles. The van der Waals surface area contributed by atoms with Crippen molar-refractivity contribution in [1.82, 2.24) is 30.2 Å². The van der Waals surface area contributed by atoms with E-state index in [1.165, 1.54) is 0 Å². The van der Waals surface area contributed by atoms with Gasteiger partial charge in [-0.05, 0) is 28.3 Å². The maximum Gasteiger partial charge on any atom is 0.205 e. The van der Waals surface area contributed by atoms with E-state index in [4.69, 9.17) is 23.2 Å². The fourth-order valence-electron chi connectivity index (χ4n) is 3.52. The largest absolute Gasteiger partial charge is 0.325 e. The SMILES string of the molecule is CCCCc1nc(Cl)c(CCl)n1Cc1ccc(-c2ccccc2-c2nn[nH]n2)cc1. The third kappa shape index (κ3) is 4.25. The number of rotatable bonds is 8. The summed E-state index contributed by atoms with van der Waals surface area (Å²) in [6, 6.07) is 16.5. The van der Waals surface area contributed by atoms with Crippen molar-refractivity contribution < 1.29 is 0 Å². The maximum atomic E-state index is 6.33. The van der Waals surface area contributed by atoms with Crippen LogP contribution in [-0.2, 0) is 18.8 Å². The van der Waals surface area contributed by atoms with Crippen LogP contribution < -0.4 is 0 Å². The summed E-state index contributed by atoms with van der Waals surface area (Å²) in [4.78, 5) is 4.54. The number of aromatic amines is 1. The Balaban J connectivity index is 1.62. The first-order valence-electron chi connectivity index (χ1n) is 9.93. The fourth-order valence-corrected chi connectivity index (χ4v) is 4.13. The monoisotopic (exact) mass is 440 g/mol. The standard InChI is InChI=1S/C22H22Cl2N6/c1-2-3-8-20-25-21(24)19(13-23)30(20)14-15-9-11-16(12-10-15)17-6-4-5-7-18(17)22-26-28-29-27-22/h4-7,9-12H,2-3,8,13-14H2,1H3,(H,26,27,28,29). The van der Waals surface area contributed by atoms with Gasteiger partial charge < -0.3 is 4.57 Å². The molecule has 0 bridgehead atoms. The predicted octanol–water partition coefficient (Wildman–Crippen LogP) is 5.51. The van der Waals surface area contributed by atoms with Crippen LogP contribution in [0.2, 0.25) is 5.15 Å². The van der Waals surface area contributed by atoms with Gasteiger partial charge in [-0.25, -0.2) is 4.98 Å². The van der Waals surface area contributed by atoms with Gasteiger partial charge in [0.2, 0.25) is 5.82 Å². The predicted molar refractivity (Wildman–Crippen MR) is 120 cm³/mol. The van der Waals surface area contributed by atoms with Gasteiger partial charge in [-0.3, -0.25) is 0 Å². The molecule has 2 aromatic heterocycles. The van der Waals surface area contributed by atoms with E-state index in [9.17, 15) is 0 Å². The average Bonchev–Trinajstić information content (AvgIpc) is 3.41. The summed E-state index contributed by atoms with van der Waals surface area (Å²) in [5.74, 6) is 1.91. The first-order chi connectivity index (χ1) is 14.7. The Morgan fingerprint density at radius 1 is 1.03 bits per heavy atom. The molecule has 0 aliphatic carbocycles. The fraction of sp³-hybridized carbons (Fsp3) is 0.273. The van der Waals surface area contributed by atoms with Crippen LogP contribution in [0.4, 0.5) is 0 Å². The van der Waals surface area contributed by atoms with Crippen molar-refractivity contribution in [2.24, 2.45) is 0 Å². The Morgan fingerprint density at radius 3 is 2.47 bits per heavy atom. The number of alkyl halides is 1. The van der Waals surface area contributed by atoms with Crippen molar-refractivity contribution >= 4 is 23.2 Å². The summed E-state index contributed by atoms with van der Waals surface area (Å²) in [7, 11) is 0. The van der Waals surface area contributed by atoms with Crippen molar-refractivity contribution in [2.45, 2.75) is 38.6 Å². The van der Waals surface area contributed by atoms with Crippen LogP contribution in [-0.4, -0.2) is 30.2 Å². The molecule has 1 N–H and O–H groups in total. The highest BCUT2D eigenvalue weighted by Gasteiger charge is 2.16. The molecule has 0 spiro atoms. The number of unbranched alkanes of at least 4 members (excludes halogenated alkanes) is 1. The Kier molecular flexibility index (Phi) is 6.45. The van der Waals surface area contributed by atoms with Crippen molar-refractivity contribution in [3.8, 4) is 22.5 Å². The molecule has 6 nitrogen and oxygen atoms in total. The second kappa shape index (κ2) is 9.41. The summed E-state index contributed by atoms with van der Waals surface area (Å²) in [5, 5.41) is 14.9. The van der Waals surface area contributed by atoms with Crippen LogP contribution >= 0.6 is 23.2 Å². The molecule has 154 valence electrons. The summed E-state index contributed by atoms with van der Waals surface area (Å²) in [5.41, 5.74) is 5.12. The zero-order valence-electron chi connectivity index (χ0n) is 16.6. The first-order valence-corrected chi connectivity index (χ1v) is 10.8. The molecule has 30 heavy (non-hydrogen) atoms. The number of tetrazole rings is 1. The average molecular weight is 441 g/mol. The molecule has 0 amide bonds. The van der Waals surface area contributed by atoms with E-state index < -0.39 is 0 Å². The summed E-state index contributed by atoms with van der Waals surface area (Å²) < 4.78 is 2.15. The third-order valence-electron chi connectivity index (χ3n) is 5.10. The topological polar surface area (TPSA) is 72.3 Å². The molecule has 2 aromatic carbocycles. The zero-order chi connectivity index (χ0) is 20.9. The minimum atomic E-state index is 0.341. The minimum absolute atomic E-state index is 0.341. The van der Waals surface area contributed by atoms with E-state index in [2.05, 4.69) is 67.4 Å². The quantitative estimate of drug-likeness (QED) is 0.366. The molecule has 0 atom stereocenters. The Morgan fingerprint density at radius 2 is 1.80 bits per heavy atom. The van der Waals surface area contributed by atoms with Gasteiger partial charge >= 0.3 is 0 Å². The summed E-state index contributed by atoms with van der Waals surface area (Å²) in [6.45, 7) is 2.86. The molecule has 0 saturated heterocycles. The second-order valence-corrected chi connectivity index (χ2v) is 7.69. The highest BCUT2D eigenvalue weighted by molar-refractivity contribution is 6.31. The van der Waals surface area contributed by atoms with E-state index in [1.54, 1.807) is 0 Å². The number of hydrogen-bond acceptors (Lipinski definition) is 4. The number of aromatic nitrogens is 6. The van der Waals surface area contributed by atoms with E-state index in [-0.39, 0.29) is 0 Å². The normalized spacial score (nSPS) is 11.2. The molecular weight excluding hydrogens is 419 g/mol. The van der Waals surface area contributed by atoms with Crippen molar-refractivity contribution in [1.29, 1.82) is 0 Å². The molecule has 0 aliphatic rings. The van der Waals surface area contributed by atoms with Gasteiger partial charge in [0.1, 0.15) is 5.82 Å². The second-order valence-electron chi connectivity index (χ2n) is 7.07. The first kappa shape index (κ1) is 20.6. The van der Waals surface area contributed by atoms with Gasteiger partial charge in [-0.15, -0.1) is 21.8 Å². The third-order valence-corrected chi connectivity index (χ3v) is 5.66. The summed E-state index contributed by atoms with van der Waals surface area (Å²) >= 11 is 12.5. The summed E-state index contributed by atoms with van der Waals surface area (Å²) in [6.07, 6.45) is 3.07. The van der Waals surface area contributed by atoms with Crippen LogP contribution in [0.5, 0.6) is 0 Å². The lowest BCUT2D eigenvalue weighted by atomic mass is 9.98. The lowest BCUT2D eigenvalue weighted by Crippen LogP contribution is -2.08. The zero-order valence-corrected chi connectivity index (χ0v) is 18.2. The van der Waals surface area contributed by atoms with Crippen LogP contribution in [0.3, 0.4) is 0 Å². The molecule has 0 unspecified atom stereocenters. The molecular formula is C22H22Cl2N6. The van der Waals surface area contributed by atoms with Crippen LogP contribution in [0.15, 0.2) is 48.5 Å². The van der Waals surface area contributed by atoms with Crippen molar-refractivity contribution in [3.63, 3.8) is 0 Å². The van der Waals surface area contributed by atoms with E-state index in [1.807, 2.05) is 18.2 Å². The molecule has 0 saturated carbocycles. The molecule has 4 rings (SSSR count). The molecule has 0 radical (unpaired) electrons. The van der Waals surface area contributed by atoms with Crippen LogP contribution in [0.25, 0.3) is 22.5 Å². The van der Waals surface area contributed by atoms with Gasteiger partial charge in [0, 0.05) is 18.5 Å². The number of halogens is 2. The highest BCUT2D eigenvalue weighted by atomic mass is 35.5. The molecule has 8 heteroatoms. The minimum Gasteiger partial charge on any atom is -0.325 e. The number of aryl methyl sites for hydroxylation is 1. The van der Waals surface area contributed by atoms with E-state index >= 15 is 0 Å². The van der Waals surface area contributed by atoms with E-state index in [0.29, 0.717) is 23.4 Å². The maximum absolute atomic E-state index is 6.33. The van der Waals surface area contributed by atoms with Gasteiger partial charge in [-0.1, -0.05) is 73.5 Å². The number of nitrogens with one attached hydrogen (secondary N) is 1. The van der Waals surface area contributed by atoms with Gasteiger partial charge in [0.25, 0.3) is 0 Å². The van der Waals surface area contributed by atoms with Crippen molar-refractivity contribution in [2.75, 3.05) is 0 Å². The number of H-pyrrole nitrogens is 1. The Hall–Kier alpha value is -2.70. The Bertz CT molecular complexity index is 1100. The molecule has 0 fully saturated rings. The van der Waals surface area contributed by atoms with Gasteiger partial charge in [0.15, 0.2) is 5.15 Å². The van der Waals surface area contributed by atoms with Gasteiger partial charge in [-0.2, -0.15) is 5.21 Å². The highest BCUT2D eigenvalue weighted by Crippen LogP contribution is 2.30. The van der Waals surface area contributed by atoms with E-state index in [0.717, 1.165) is 53.0 Å².